The first kappa shape index (κ1) is 40.4. The maximum Gasteiger partial charge on any atom is 0.328 e. The number of benzene rings is 2. The number of aromatic nitrogens is 2. The van der Waals surface area contributed by atoms with Crippen LogP contribution in [0.15, 0.2) is 73.1 Å². The van der Waals surface area contributed by atoms with Crippen molar-refractivity contribution in [3.05, 3.63) is 84.2 Å². The van der Waals surface area contributed by atoms with E-state index < -0.39 is 11.9 Å². The molecule has 0 radical (unpaired) electrons. The number of likely N-dealkylation sites (tertiary alicyclic amines) is 1. The fraction of sp³-hybridized carbons (Fsp3) is 0.308. The number of amides is 1. The first-order chi connectivity index (χ1) is 26.0. The minimum atomic E-state index is -1.26. The van der Waals surface area contributed by atoms with Crippen molar-refractivity contribution in [2.45, 2.75) is 25.4 Å². The highest BCUT2D eigenvalue weighted by molar-refractivity contribution is 5.95. The molecule has 54 heavy (non-hydrogen) atoms. The molecule has 4 aromatic rings. The van der Waals surface area contributed by atoms with Gasteiger partial charge in [-0.2, -0.15) is 0 Å². The lowest BCUT2D eigenvalue weighted by molar-refractivity contribution is -0.134. The van der Waals surface area contributed by atoms with Gasteiger partial charge in [0.1, 0.15) is 0 Å². The van der Waals surface area contributed by atoms with Crippen molar-refractivity contribution in [3.8, 4) is 57.0 Å². The van der Waals surface area contributed by atoms with Crippen LogP contribution in [0.1, 0.15) is 28.8 Å². The van der Waals surface area contributed by atoms with Gasteiger partial charge in [0.2, 0.25) is 11.5 Å². The maximum absolute atomic E-state index is 13.3. The number of carbonyl (C=O) groups is 3. The zero-order valence-electron chi connectivity index (χ0n) is 31.0. The number of hydrogen-bond donors (Lipinski definition) is 3. The third-order valence-electron chi connectivity index (χ3n) is 8.46. The van der Waals surface area contributed by atoms with Crippen LogP contribution in [0, 0.1) is 0 Å². The summed E-state index contributed by atoms with van der Waals surface area (Å²) in [6.07, 6.45) is 6.27. The van der Waals surface area contributed by atoms with E-state index in [1.54, 1.807) is 61.0 Å². The summed E-state index contributed by atoms with van der Waals surface area (Å²) in [7, 11) is 9.47. The number of carbonyl (C=O) groups excluding carboxylic acids is 1. The third kappa shape index (κ3) is 10.6. The lowest BCUT2D eigenvalue weighted by Gasteiger charge is -2.32. The van der Waals surface area contributed by atoms with Gasteiger partial charge in [0, 0.05) is 66.9 Å². The number of aliphatic carboxylic acids is 2. The second kappa shape index (κ2) is 19.5. The van der Waals surface area contributed by atoms with Crippen molar-refractivity contribution in [2.75, 3.05) is 55.7 Å². The van der Waals surface area contributed by atoms with E-state index in [4.69, 9.17) is 38.6 Å². The van der Waals surface area contributed by atoms with E-state index in [0.29, 0.717) is 57.9 Å². The van der Waals surface area contributed by atoms with Crippen molar-refractivity contribution in [2.24, 2.45) is 0 Å². The van der Waals surface area contributed by atoms with Gasteiger partial charge in [-0.25, -0.2) is 9.59 Å². The van der Waals surface area contributed by atoms with Gasteiger partial charge in [-0.15, -0.1) is 0 Å². The van der Waals surface area contributed by atoms with Crippen molar-refractivity contribution in [1.82, 2.24) is 20.2 Å². The Balaban J connectivity index is 0.000000730. The molecule has 1 amide bonds. The summed E-state index contributed by atoms with van der Waals surface area (Å²) in [6, 6.07) is 15.1. The first-order valence-corrected chi connectivity index (χ1v) is 16.7. The summed E-state index contributed by atoms with van der Waals surface area (Å²) < 4.78 is 32.9. The molecule has 15 heteroatoms. The smallest absolute Gasteiger partial charge is 0.328 e. The summed E-state index contributed by atoms with van der Waals surface area (Å²) in [6.45, 7) is 2.50. The molecule has 0 unspecified atom stereocenters. The number of ether oxygens (including phenoxy) is 6. The van der Waals surface area contributed by atoms with Gasteiger partial charge in [-0.05, 0) is 66.9 Å². The molecule has 0 bridgehead atoms. The van der Waals surface area contributed by atoms with E-state index in [0.717, 1.165) is 54.9 Å². The fourth-order valence-electron chi connectivity index (χ4n) is 5.82. The number of methoxy groups -OCH3 is 6. The zero-order valence-corrected chi connectivity index (χ0v) is 31.0. The predicted molar refractivity (Wildman–Crippen MR) is 199 cm³/mol. The van der Waals surface area contributed by atoms with Gasteiger partial charge in [0.25, 0.3) is 5.91 Å². The van der Waals surface area contributed by atoms with Gasteiger partial charge < -0.3 is 44.0 Å². The number of pyridine rings is 2. The number of nitrogens with one attached hydrogen (secondary N) is 1. The highest BCUT2D eigenvalue weighted by atomic mass is 16.5. The molecule has 1 saturated heterocycles. The minimum Gasteiger partial charge on any atom is -0.493 e. The average Bonchev–Trinajstić information content (AvgIpc) is 3.19. The van der Waals surface area contributed by atoms with Gasteiger partial charge in [0.15, 0.2) is 23.0 Å². The maximum atomic E-state index is 13.3. The summed E-state index contributed by atoms with van der Waals surface area (Å²) in [5.74, 6) is 0.599. The summed E-state index contributed by atoms with van der Waals surface area (Å²) in [5, 5.41) is 18.8. The Morgan fingerprint density at radius 3 is 1.56 bits per heavy atom. The number of rotatable bonds is 14. The number of carboxylic acid groups (broad SMARTS) is 2. The fourth-order valence-corrected chi connectivity index (χ4v) is 5.82. The molecule has 0 saturated carbocycles. The Hall–Kier alpha value is -6.35. The van der Waals surface area contributed by atoms with Crippen molar-refractivity contribution in [3.63, 3.8) is 0 Å². The largest absolute Gasteiger partial charge is 0.493 e. The zero-order chi connectivity index (χ0) is 39.2. The van der Waals surface area contributed by atoms with Crippen LogP contribution >= 0.6 is 0 Å². The van der Waals surface area contributed by atoms with E-state index in [1.165, 1.54) is 0 Å². The molecule has 1 aliphatic heterocycles. The SMILES string of the molecule is COc1cc(-c2cc(CN3CCC(NC(=O)c4ccnc(-c5cc(OC)c(OC)c(OC)c5)c4)CC3)ccn2)cc(OC)c1OC.O=C(O)/C=C\C(=O)O. The topological polar surface area (TPSA) is 188 Å². The minimum absolute atomic E-state index is 0.0776. The van der Waals surface area contributed by atoms with E-state index in [1.807, 2.05) is 36.5 Å². The van der Waals surface area contributed by atoms with Gasteiger partial charge in [0.05, 0.1) is 54.0 Å². The molecule has 286 valence electrons. The average molecular weight is 745 g/mol. The van der Waals surface area contributed by atoms with E-state index in [9.17, 15) is 14.4 Å². The molecule has 1 fully saturated rings. The summed E-state index contributed by atoms with van der Waals surface area (Å²) in [5.41, 5.74) is 4.77. The quantitative estimate of drug-likeness (QED) is 0.147. The van der Waals surface area contributed by atoms with Crippen LogP contribution in [0.25, 0.3) is 22.5 Å². The molecule has 1 aliphatic rings. The molecule has 3 N–H and O–H groups in total. The van der Waals surface area contributed by atoms with Crippen molar-refractivity contribution in [1.29, 1.82) is 0 Å². The van der Waals surface area contributed by atoms with E-state index in [2.05, 4.69) is 26.3 Å². The Bertz CT molecular complexity index is 1890. The third-order valence-corrected chi connectivity index (χ3v) is 8.46. The van der Waals surface area contributed by atoms with Gasteiger partial charge in [-0.1, -0.05) is 0 Å². The molecule has 0 atom stereocenters. The molecule has 0 aliphatic carbocycles. The Kier molecular flexibility index (Phi) is 14.6. The Morgan fingerprint density at radius 2 is 1.13 bits per heavy atom. The Labute approximate surface area is 313 Å². The molecule has 2 aromatic heterocycles. The van der Waals surface area contributed by atoms with Gasteiger partial charge in [-0.3, -0.25) is 19.7 Å². The van der Waals surface area contributed by atoms with E-state index in [-0.39, 0.29) is 11.9 Å². The molecule has 3 heterocycles. The molecule has 0 spiro atoms. The predicted octanol–water partition coefficient (Wildman–Crippen LogP) is 4.97. The van der Waals surface area contributed by atoms with Crippen LogP contribution in [0.2, 0.25) is 0 Å². The standard InChI is InChI=1S/C35H40N4O7.C4H4O4/c1-41-29-17-24(18-30(42-2)33(29)45-5)27-15-22(7-11-36-27)21-39-13-9-26(10-14-39)38-35(40)23-8-12-37-28(16-23)25-19-31(43-3)34(46-6)32(20-25)44-4;5-3(6)1-2-4(7)8/h7-8,11-12,15-20,26H,9-10,13-14,21H2,1-6H3,(H,38,40);1-2H,(H,5,6)(H,7,8)/b;2-1-. The molecule has 15 nitrogen and oxygen atoms in total. The van der Waals surface area contributed by atoms with Crippen LogP contribution in [-0.4, -0.2) is 105 Å². The number of piperidine rings is 1. The van der Waals surface area contributed by atoms with Crippen molar-refractivity contribution >= 4 is 17.8 Å². The summed E-state index contributed by atoms with van der Waals surface area (Å²) >= 11 is 0. The molecule has 2 aromatic carbocycles. The van der Waals surface area contributed by atoms with Crippen LogP contribution in [0.5, 0.6) is 34.5 Å². The van der Waals surface area contributed by atoms with Crippen LogP contribution in [0.3, 0.4) is 0 Å². The number of hydrogen-bond acceptors (Lipinski definition) is 12. The van der Waals surface area contributed by atoms with Crippen LogP contribution < -0.4 is 33.7 Å². The number of nitrogens with zero attached hydrogens (tertiary/aromatic N) is 3. The summed E-state index contributed by atoms with van der Waals surface area (Å²) in [4.78, 5) is 43.8. The molecule has 5 rings (SSSR count). The van der Waals surface area contributed by atoms with Crippen LogP contribution in [-0.2, 0) is 16.1 Å². The normalized spacial score (nSPS) is 12.9. The second-order valence-corrected chi connectivity index (χ2v) is 11.8. The second-order valence-electron chi connectivity index (χ2n) is 11.8. The van der Waals surface area contributed by atoms with Gasteiger partial charge >= 0.3 is 11.9 Å². The van der Waals surface area contributed by atoms with E-state index >= 15 is 0 Å². The molecular weight excluding hydrogens is 700 g/mol. The number of carboxylic acids is 2. The Morgan fingerprint density at radius 1 is 0.685 bits per heavy atom. The lowest BCUT2D eigenvalue weighted by atomic mass is 10.0. The lowest BCUT2D eigenvalue weighted by Crippen LogP contribution is -2.44. The highest BCUT2D eigenvalue weighted by Crippen LogP contribution is 2.42. The van der Waals surface area contributed by atoms with Crippen LogP contribution in [0.4, 0.5) is 0 Å². The monoisotopic (exact) mass is 744 g/mol. The first-order valence-electron chi connectivity index (χ1n) is 16.7. The highest BCUT2D eigenvalue weighted by Gasteiger charge is 2.23. The van der Waals surface area contributed by atoms with Crippen molar-refractivity contribution < 1.29 is 53.0 Å². The molecular formula is C39H44N4O11.